The summed E-state index contributed by atoms with van der Waals surface area (Å²) in [4.78, 5) is 2.86. The topological polar surface area (TPSA) is 66.4 Å². The Labute approximate surface area is 256 Å². The van der Waals surface area contributed by atoms with E-state index in [1.807, 2.05) is 0 Å². The summed E-state index contributed by atoms with van der Waals surface area (Å²) in [5.74, 6) is 0.217. The van der Waals surface area contributed by atoms with E-state index in [1.54, 1.807) is 0 Å². The molecule has 0 aromatic heterocycles. The average Bonchev–Trinajstić information content (AvgIpc) is 3.66. The summed E-state index contributed by atoms with van der Waals surface area (Å²) in [6.45, 7) is 0. The highest BCUT2D eigenvalue weighted by molar-refractivity contribution is 7.98. The van der Waals surface area contributed by atoms with Gasteiger partial charge in [-0.3, -0.25) is 0 Å². The summed E-state index contributed by atoms with van der Waals surface area (Å²) >= 11 is 0. The largest absolute Gasteiger partial charge is 0.741 e. The van der Waals surface area contributed by atoms with Crippen LogP contribution in [-0.4, -0.2) is 23.7 Å². The Hall–Kier alpha value is -3.89. The maximum Gasteiger partial charge on any atom is 0.485 e. The molecule has 44 heavy (non-hydrogen) atoms. The number of alkyl halides is 3. The van der Waals surface area contributed by atoms with E-state index in [0.717, 1.165) is 0 Å². The van der Waals surface area contributed by atoms with Gasteiger partial charge >= 0.3 is 5.51 Å². The van der Waals surface area contributed by atoms with Crippen LogP contribution in [0.25, 0.3) is 0 Å². The number of fused-ring (bicyclic) bond motifs is 10. The van der Waals surface area contributed by atoms with Gasteiger partial charge in [0, 0.05) is 5.56 Å². The molecule has 0 aliphatic carbocycles. The molecule has 222 valence electrons. The predicted molar refractivity (Wildman–Crippen MR) is 161 cm³/mol. The molecule has 3 aliphatic rings. The molecule has 0 spiro atoms. The van der Waals surface area contributed by atoms with E-state index in [0.29, 0.717) is 0 Å². The SMILES string of the molecule is O=S(=O)([O-])C(F)(F)F.c1ccc([S+]2c3ccccc3[C@@H]3[C@H]2[C@@]2(c4ccccc4)O[C@]3(c3ccccc3)c3ccccc32)cc1. The zero-order valence-electron chi connectivity index (χ0n) is 23.0. The van der Waals surface area contributed by atoms with E-state index in [-0.39, 0.29) is 22.1 Å². The molecule has 3 heterocycles. The van der Waals surface area contributed by atoms with Crippen LogP contribution in [0.5, 0.6) is 0 Å². The molecule has 3 aliphatic heterocycles. The van der Waals surface area contributed by atoms with Gasteiger partial charge in [0.2, 0.25) is 0 Å². The Balaban J connectivity index is 0.000000348. The van der Waals surface area contributed by atoms with Crippen LogP contribution in [0.3, 0.4) is 0 Å². The van der Waals surface area contributed by atoms with E-state index in [9.17, 15) is 13.2 Å². The molecule has 0 amide bonds. The maximum absolute atomic E-state index is 10.7. The van der Waals surface area contributed by atoms with Crippen LogP contribution >= 0.6 is 0 Å². The molecular formula is C35H25F3O4S2. The van der Waals surface area contributed by atoms with E-state index in [4.69, 9.17) is 17.7 Å². The molecular weight excluding hydrogens is 606 g/mol. The van der Waals surface area contributed by atoms with Crippen molar-refractivity contribution >= 4 is 21.0 Å². The van der Waals surface area contributed by atoms with Crippen LogP contribution in [0, 0.1) is 0 Å². The van der Waals surface area contributed by atoms with Crippen molar-refractivity contribution in [2.24, 2.45) is 0 Å². The second-order valence-corrected chi connectivity index (χ2v) is 14.3. The molecule has 5 atom stereocenters. The van der Waals surface area contributed by atoms with E-state index in [2.05, 4.69) is 140 Å². The number of halogens is 3. The highest BCUT2D eigenvalue weighted by Gasteiger charge is 2.79. The van der Waals surface area contributed by atoms with E-state index >= 15 is 0 Å². The number of rotatable bonds is 3. The second-order valence-electron chi connectivity index (χ2n) is 10.8. The van der Waals surface area contributed by atoms with Crippen molar-refractivity contribution < 1.29 is 30.9 Å². The van der Waals surface area contributed by atoms with Gasteiger partial charge in [0.25, 0.3) is 0 Å². The van der Waals surface area contributed by atoms with Crippen molar-refractivity contribution in [3.8, 4) is 0 Å². The lowest BCUT2D eigenvalue weighted by atomic mass is 9.64. The lowest BCUT2D eigenvalue weighted by molar-refractivity contribution is -0.0518. The van der Waals surface area contributed by atoms with Crippen LogP contribution in [-0.2, 0) is 37.0 Å². The van der Waals surface area contributed by atoms with Gasteiger partial charge < -0.3 is 9.29 Å². The minimum absolute atomic E-state index is 0.142. The van der Waals surface area contributed by atoms with Gasteiger partial charge in [-0.05, 0) is 40.5 Å². The Morgan fingerprint density at radius 2 is 1.07 bits per heavy atom. The zero-order chi connectivity index (χ0) is 30.7. The van der Waals surface area contributed by atoms with Crippen LogP contribution in [0.1, 0.15) is 33.7 Å². The normalized spacial score (nSPS) is 26.2. The van der Waals surface area contributed by atoms with Crippen LogP contribution in [0.2, 0.25) is 0 Å². The quantitative estimate of drug-likeness (QED) is 0.118. The van der Waals surface area contributed by atoms with Crippen LogP contribution in [0.4, 0.5) is 13.2 Å². The summed E-state index contributed by atoms with van der Waals surface area (Å²) < 4.78 is 66.6. The third kappa shape index (κ3) is 4.10. The van der Waals surface area contributed by atoms with Crippen molar-refractivity contribution in [3.05, 3.63) is 167 Å². The lowest BCUT2D eigenvalue weighted by Crippen LogP contribution is -2.44. The minimum Gasteiger partial charge on any atom is -0.741 e. The third-order valence-corrected chi connectivity index (χ3v) is 11.9. The highest BCUT2D eigenvalue weighted by Crippen LogP contribution is 2.74. The number of ether oxygens (including phenoxy) is 1. The lowest BCUT2D eigenvalue weighted by Gasteiger charge is -2.35. The first-order chi connectivity index (χ1) is 21.1. The summed E-state index contributed by atoms with van der Waals surface area (Å²) in [6, 6.07) is 51.2. The Morgan fingerprint density at radius 1 is 0.636 bits per heavy atom. The monoisotopic (exact) mass is 630 g/mol. The Bertz CT molecular complexity index is 1940. The Kier molecular flexibility index (Phi) is 6.78. The first-order valence-electron chi connectivity index (χ1n) is 13.9. The molecule has 1 saturated heterocycles. The summed E-state index contributed by atoms with van der Waals surface area (Å²) in [7, 11) is -6.23. The molecule has 1 unspecified atom stereocenters. The smallest absolute Gasteiger partial charge is 0.485 e. The highest BCUT2D eigenvalue weighted by atomic mass is 32.2. The molecule has 0 saturated carbocycles. The number of benzene rings is 5. The summed E-state index contributed by atoms with van der Waals surface area (Å²) in [5.41, 5.74) is -0.142. The van der Waals surface area contributed by atoms with Gasteiger partial charge in [-0.1, -0.05) is 121 Å². The van der Waals surface area contributed by atoms with Gasteiger partial charge in [-0.2, -0.15) is 13.2 Å². The Morgan fingerprint density at radius 3 is 1.61 bits per heavy atom. The van der Waals surface area contributed by atoms with Crippen LogP contribution < -0.4 is 0 Å². The fourth-order valence-corrected chi connectivity index (χ4v) is 10.3. The van der Waals surface area contributed by atoms with Crippen molar-refractivity contribution in [1.82, 2.24) is 0 Å². The number of hydrogen-bond donors (Lipinski definition) is 0. The predicted octanol–water partition coefficient (Wildman–Crippen LogP) is 7.47. The fraction of sp³-hybridized carbons (Fsp3) is 0.143. The maximum atomic E-state index is 10.7. The van der Waals surface area contributed by atoms with Gasteiger partial charge in [0.1, 0.15) is 5.60 Å². The van der Waals surface area contributed by atoms with Gasteiger partial charge in [0.05, 0.1) is 16.8 Å². The van der Waals surface area contributed by atoms with Crippen molar-refractivity contribution in [2.75, 3.05) is 0 Å². The fourth-order valence-electron chi connectivity index (χ4n) is 7.13. The van der Waals surface area contributed by atoms with E-state index in [1.165, 1.54) is 37.6 Å². The molecule has 2 bridgehead atoms. The standard InChI is InChI=1S/C34H25OS.CHF3O3S/c1-4-14-24(15-5-1)33-28-21-11-12-22-29(28)34(35-33,25-16-6-2-7-17-25)32-31(33)27-20-10-13-23-30(27)36(32)26-18-8-3-9-19-26;2-1(3,4)8(5,6)7/h1-23,31-32H;(H,5,6,7)/q+1;/p-1/t31-,32+,33-,34+,36?;/m1./s1. The summed E-state index contributed by atoms with van der Waals surface area (Å²) in [6.07, 6.45) is 0. The molecule has 0 N–H and O–H groups in total. The molecule has 8 rings (SSSR count). The minimum atomic E-state index is -6.09. The third-order valence-electron chi connectivity index (χ3n) is 8.62. The molecule has 5 aromatic carbocycles. The van der Waals surface area contributed by atoms with Gasteiger partial charge in [0.15, 0.2) is 30.8 Å². The van der Waals surface area contributed by atoms with E-state index < -0.39 is 26.8 Å². The summed E-state index contributed by atoms with van der Waals surface area (Å²) in [5, 5.41) is 0.259. The second kappa shape index (κ2) is 10.3. The molecule has 9 heteroatoms. The first kappa shape index (κ1) is 28.9. The molecule has 4 nitrogen and oxygen atoms in total. The van der Waals surface area contributed by atoms with Crippen molar-refractivity contribution in [3.63, 3.8) is 0 Å². The molecule has 0 radical (unpaired) electrons. The van der Waals surface area contributed by atoms with Crippen LogP contribution in [0.15, 0.2) is 149 Å². The van der Waals surface area contributed by atoms with Gasteiger partial charge in [-0.15, -0.1) is 0 Å². The zero-order valence-corrected chi connectivity index (χ0v) is 24.7. The van der Waals surface area contributed by atoms with Crippen molar-refractivity contribution in [1.29, 1.82) is 0 Å². The average molecular weight is 631 g/mol. The molecule has 1 fully saturated rings. The number of hydrogen-bond acceptors (Lipinski definition) is 4. The first-order valence-corrected chi connectivity index (χ1v) is 16.6. The van der Waals surface area contributed by atoms with Gasteiger partial charge in [-0.25, -0.2) is 8.42 Å². The van der Waals surface area contributed by atoms with Crippen molar-refractivity contribution in [2.45, 2.75) is 37.7 Å². The molecule has 5 aromatic rings.